The Kier molecular flexibility index (Phi) is 5.04. The number of aliphatic hydroxyl groups excluding tert-OH is 1. The molecule has 0 spiro atoms. The number of nitro groups is 1. The molecule has 1 aliphatic heterocycles. The maximum atomic E-state index is 11.4. The normalized spacial score (nSPS) is 28.6. The Bertz CT molecular complexity index is 583. The van der Waals surface area contributed by atoms with Crippen molar-refractivity contribution in [3.05, 3.63) is 33.3 Å². The van der Waals surface area contributed by atoms with Crippen LogP contribution in [0, 0.1) is 16.0 Å². The molecule has 7 heteroatoms. The molecular weight excluding hydrogens is 320 g/mol. The van der Waals surface area contributed by atoms with Crippen LogP contribution in [0.2, 0.25) is 5.02 Å². The number of hydrogen-bond acceptors (Lipinski definition) is 5. The molecule has 0 amide bonds. The van der Waals surface area contributed by atoms with Crippen molar-refractivity contribution in [3.8, 4) is 0 Å². The second kappa shape index (κ2) is 7.03. The Balaban J connectivity index is 1.94. The van der Waals surface area contributed by atoms with E-state index in [-0.39, 0.29) is 23.8 Å². The zero-order valence-corrected chi connectivity index (χ0v) is 13.6. The molecule has 0 bridgehead atoms. The first kappa shape index (κ1) is 16.5. The number of nitrogens with zero attached hydrogens (tertiary/aromatic N) is 2. The lowest BCUT2D eigenvalue weighted by Crippen LogP contribution is -2.53. The fourth-order valence-electron chi connectivity index (χ4n) is 3.75. The second-order valence-electron chi connectivity index (χ2n) is 6.24. The molecule has 6 nitrogen and oxygen atoms in total. The van der Waals surface area contributed by atoms with Crippen molar-refractivity contribution in [2.45, 2.75) is 37.8 Å². The number of halogens is 1. The molecule has 23 heavy (non-hydrogen) atoms. The van der Waals surface area contributed by atoms with Crippen molar-refractivity contribution in [2.75, 3.05) is 24.7 Å². The van der Waals surface area contributed by atoms with E-state index in [0.717, 1.165) is 25.7 Å². The van der Waals surface area contributed by atoms with E-state index in [1.807, 2.05) is 4.90 Å². The second-order valence-corrected chi connectivity index (χ2v) is 6.68. The topological polar surface area (TPSA) is 75.8 Å². The first-order chi connectivity index (χ1) is 11.1. The van der Waals surface area contributed by atoms with Gasteiger partial charge < -0.3 is 14.7 Å². The smallest absolute Gasteiger partial charge is 0.294 e. The lowest BCUT2D eigenvalue weighted by Gasteiger charge is -2.44. The lowest BCUT2D eigenvalue weighted by molar-refractivity contribution is -0.384. The van der Waals surface area contributed by atoms with E-state index in [1.54, 1.807) is 12.1 Å². The summed E-state index contributed by atoms with van der Waals surface area (Å²) in [5, 5.41) is 22.1. The summed E-state index contributed by atoms with van der Waals surface area (Å²) in [4.78, 5) is 13.0. The van der Waals surface area contributed by atoms with Crippen LogP contribution >= 0.6 is 11.6 Å². The zero-order valence-electron chi connectivity index (χ0n) is 12.9. The fraction of sp³-hybridized carbons (Fsp3) is 0.625. The minimum atomic E-state index is -0.398. The van der Waals surface area contributed by atoms with Crippen molar-refractivity contribution >= 4 is 23.0 Å². The third-order valence-electron chi connectivity index (χ3n) is 4.88. The van der Waals surface area contributed by atoms with Crippen LogP contribution < -0.4 is 4.90 Å². The number of nitro benzene ring substituents is 1. The maximum absolute atomic E-state index is 11.4. The Labute approximate surface area is 140 Å². The molecule has 2 aliphatic rings. The molecule has 1 saturated heterocycles. The van der Waals surface area contributed by atoms with Gasteiger partial charge in [-0.2, -0.15) is 0 Å². The minimum absolute atomic E-state index is 0.00898. The van der Waals surface area contributed by atoms with Gasteiger partial charge in [0.15, 0.2) is 0 Å². The van der Waals surface area contributed by atoms with Crippen LogP contribution in [0.1, 0.15) is 25.7 Å². The number of morpholine rings is 1. The molecule has 3 rings (SSSR count). The van der Waals surface area contributed by atoms with E-state index >= 15 is 0 Å². The Hall–Kier alpha value is -1.37. The van der Waals surface area contributed by atoms with Gasteiger partial charge in [0, 0.05) is 23.6 Å². The molecule has 3 atom stereocenters. The van der Waals surface area contributed by atoms with Gasteiger partial charge in [0.2, 0.25) is 0 Å². The number of hydrogen-bond donors (Lipinski definition) is 1. The van der Waals surface area contributed by atoms with E-state index in [4.69, 9.17) is 16.3 Å². The summed E-state index contributed by atoms with van der Waals surface area (Å²) in [5.74, 6) is 0.0827. The van der Waals surface area contributed by atoms with E-state index < -0.39 is 4.92 Å². The quantitative estimate of drug-likeness (QED) is 0.676. The Morgan fingerprint density at radius 3 is 2.87 bits per heavy atom. The highest BCUT2D eigenvalue weighted by Gasteiger charge is 2.38. The zero-order chi connectivity index (χ0) is 16.4. The maximum Gasteiger partial charge on any atom is 0.294 e. The number of benzene rings is 1. The minimum Gasteiger partial charge on any atom is -0.393 e. The molecule has 1 saturated carbocycles. The number of ether oxygens (including phenoxy) is 1. The predicted molar refractivity (Wildman–Crippen MR) is 88.0 cm³/mol. The first-order valence-corrected chi connectivity index (χ1v) is 8.42. The summed E-state index contributed by atoms with van der Waals surface area (Å²) < 4.78 is 5.61. The summed E-state index contributed by atoms with van der Waals surface area (Å²) in [6.45, 7) is 1.59. The molecular formula is C16H21ClN2O4. The van der Waals surface area contributed by atoms with Gasteiger partial charge in [-0.15, -0.1) is 0 Å². The molecule has 1 N–H and O–H groups in total. The molecule has 1 aromatic carbocycles. The van der Waals surface area contributed by atoms with Crippen LogP contribution in [0.5, 0.6) is 0 Å². The monoisotopic (exact) mass is 340 g/mol. The third-order valence-corrected chi connectivity index (χ3v) is 5.12. The van der Waals surface area contributed by atoms with Gasteiger partial charge in [-0.3, -0.25) is 10.1 Å². The summed E-state index contributed by atoms with van der Waals surface area (Å²) >= 11 is 5.92. The third kappa shape index (κ3) is 3.44. The van der Waals surface area contributed by atoms with Crippen LogP contribution in [0.4, 0.5) is 11.4 Å². The van der Waals surface area contributed by atoms with E-state index in [1.165, 1.54) is 6.07 Å². The number of rotatable bonds is 3. The molecule has 1 aromatic rings. The largest absolute Gasteiger partial charge is 0.393 e. The average molecular weight is 341 g/mol. The standard InChI is InChI=1S/C16H21ClN2O4/c17-11-5-6-13(14(9-11)19(21)22)18-7-8-23-10-15(18)12-3-1-2-4-16(12)20/h5-6,9,12,15-16,20H,1-4,7-8,10H2/t12-,15-,16-/m1/s1. The van der Waals surface area contributed by atoms with Crippen LogP contribution in [0.15, 0.2) is 18.2 Å². The first-order valence-electron chi connectivity index (χ1n) is 8.04. The van der Waals surface area contributed by atoms with Crippen molar-refractivity contribution in [3.63, 3.8) is 0 Å². The van der Waals surface area contributed by atoms with Crippen molar-refractivity contribution < 1.29 is 14.8 Å². The van der Waals surface area contributed by atoms with E-state index in [9.17, 15) is 15.2 Å². The number of anilines is 1. The lowest BCUT2D eigenvalue weighted by atomic mass is 9.80. The van der Waals surface area contributed by atoms with E-state index in [0.29, 0.717) is 30.5 Å². The van der Waals surface area contributed by atoms with E-state index in [2.05, 4.69) is 0 Å². The SMILES string of the molecule is O=[N+]([O-])c1cc(Cl)ccc1N1CCOC[C@@H]1[C@H]1CCCC[C@H]1O. The van der Waals surface area contributed by atoms with Crippen LogP contribution in [0.3, 0.4) is 0 Å². The molecule has 2 fully saturated rings. The van der Waals surface area contributed by atoms with Crippen molar-refractivity contribution in [2.24, 2.45) is 5.92 Å². The molecule has 0 aromatic heterocycles. The number of aliphatic hydroxyl groups is 1. The Morgan fingerprint density at radius 1 is 1.35 bits per heavy atom. The van der Waals surface area contributed by atoms with Crippen LogP contribution in [-0.4, -0.2) is 41.9 Å². The van der Waals surface area contributed by atoms with Gasteiger partial charge in [0.25, 0.3) is 5.69 Å². The highest BCUT2D eigenvalue weighted by Crippen LogP contribution is 2.37. The van der Waals surface area contributed by atoms with Crippen LogP contribution in [0.25, 0.3) is 0 Å². The van der Waals surface area contributed by atoms with Gasteiger partial charge in [-0.25, -0.2) is 0 Å². The molecule has 1 aliphatic carbocycles. The highest BCUT2D eigenvalue weighted by molar-refractivity contribution is 6.30. The summed E-state index contributed by atoms with van der Waals surface area (Å²) in [6, 6.07) is 4.72. The molecule has 126 valence electrons. The van der Waals surface area contributed by atoms with Crippen LogP contribution in [-0.2, 0) is 4.74 Å². The summed E-state index contributed by atoms with van der Waals surface area (Å²) in [5.41, 5.74) is 0.570. The van der Waals surface area contributed by atoms with Gasteiger partial charge in [-0.05, 0) is 25.0 Å². The van der Waals surface area contributed by atoms with Gasteiger partial charge in [0.05, 0.1) is 30.3 Å². The van der Waals surface area contributed by atoms with Gasteiger partial charge >= 0.3 is 0 Å². The molecule has 0 radical (unpaired) electrons. The summed E-state index contributed by atoms with van der Waals surface area (Å²) in [7, 11) is 0. The van der Waals surface area contributed by atoms with Gasteiger partial charge in [-0.1, -0.05) is 24.4 Å². The average Bonchev–Trinajstić information content (AvgIpc) is 2.55. The Morgan fingerprint density at radius 2 is 2.13 bits per heavy atom. The molecule has 1 heterocycles. The highest BCUT2D eigenvalue weighted by atomic mass is 35.5. The summed E-state index contributed by atoms with van der Waals surface area (Å²) in [6.07, 6.45) is 3.45. The van der Waals surface area contributed by atoms with Crippen molar-refractivity contribution in [1.82, 2.24) is 0 Å². The fourth-order valence-corrected chi connectivity index (χ4v) is 3.92. The van der Waals surface area contributed by atoms with Gasteiger partial charge in [0.1, 0.15) is 5.69 Å². The predicted octanol–water partition coefficient (Wildman–Crippen LogP) is 3.00. The van der Waals surface area contributed by atoms with Crippen molar-refractivity contribution in [1.29, 1.82) is 0 Å². The molecule has 0 unspecified atom stereocenters.